The SMILES string of the molecule is CC(/C=N\c1nc2ccccc2s1)=C1\CCCN(c2ccc(-c3cnn(CC45CC6(C)CC(C)(C4)CC(OCCN(C)CCOCCOCCOCC(=O)N[C@H](C(=O)N4C[C@H](O)C[C@H]4C(=O)N[C@@H](C)c4ccc(-c7scnc7C)cc4)C(C)(C)C)(C6)C5)c3C)c(C(=O)O)n2)\C1=N\N. The molecule has 4 saturated carbocycles. The molecule has 4 bridgehead atoms. The third-order valence-corrected chi connectivity index (χ3v) is 21.9. The molecule has 2 aromatic carbocycles. The van der Waals surface area contributed by atoms with Gasteiger partial charge in [-0.2, -0.15) is 10.2 Å². The normalized spacial score (nSPS) is 24.8. The van der Waals surface area contributed by atoms with Crippen LogP contribution in [0.3, 0.4) is 0 Å². The number of carbonyl (C=O) groups is 4. The molecule has 6 N–H and O–H groups in total. The van der Waals surface area contributed by atoms with Crippen LogP contribution in [0.25, 0.3) is 31.8 Å². The maximum Gasteiger partial charge on any atom is 0.355 e. The molecule has 520 valence electrons. The van der Waals surface area contributed by atoms with Crippen LogP contribution in [0.2, 0.25) is 0 Å². The van der Waals surface area contributed by atoms with Crippen LogP contribution in [-0.4, -0.2) is 184 Å². The number of allylic oxidation sites excluding steroid dienone is 1. The number of aromatic nitrogens is 5. The molecular weight excluding hydrogens is 1270 g/mol. The van der Waals surface area contributed by atoms with Crippen LogP contribution in [0.1, 0.15) is 140 Å². The van der Waals surface area contributed by atoms with E-state index in [9.17, 15) is 29.4 Å². The minimum Gasteiger partial charge on any atom is -0.476 e. The number of hydrogen-bond acceptors (Lipinski definition) is 19. The van der Waals surface area contributed by atoms with Crippen LogP contribution in [0.4, 0.5) is 10.9 Å². The number of para-hydroxylation sites is 1. The van der Waals surface area contributed by atoms with Gasteiger partial charge in [0.15, 0.2) is 11.5 Å². The van der Waals surface area contributed by atoms with Gasteiger partial charge >= 0.3 is 5.97 Å². The molecule has 97 heavy (non-hydrogen) atoms. The van der Waals surface area contributed by atoms with E-state index < -0.39 is 41.4 Å². The van der Waals surface area contributed by atoms with Crippen molar-refractivity contribution in [3.63, 3.8) is 0 Å². The van der Waals surface area contributed by atoms with Crippen LogP contribution in [0.15, 0.2) is 93.6 Å². The maximum absolute atomic E-state index is 14.2. The fraction of sp³-hybridized carbons (Fsp3) is 0.556. The first-order valence-electron chi connectivity index (χ1n) is 33.8. The van der Waals surface area contributed by atoms with Crippen molar-refractivity contribution in [2.45, 2.75) is 156 Å². The number of likely N-dealkylation sites (N-methyl/N-ethyl adjacent to an activating group) is 1. The molecule has 2 saturated heterocycles. The number of aliphatic hydroxyl groups excluding tert-OH is 1. The zero-order valence-electron chi connectivity index (χ0n) is 57.7. The Balaban J connectivity index is 0.603. The summed E-state index contributed by atoms with van der Waals surface area (Å²) in [5.74, 6) is 4.64. The molecule has 2 unspecified atom stereocenters. The summed E-state index contributed by atoms with van der Waals surface area (Å²) in [5, 5.41) is 37.2. The summed E-state index contributed by atoms with van der Waals surface area (Å²) in [6.45, 7) is 22.9. The van der Waals surface area contributed by atoms with E-state index in [0.29, 0.717) is 68.4 Å². The van der Waals surface area contributed by atoms with Crippen LogP contribution in [0.5, 0.6) is 0 Å². The van der Waals surface area contributed by atoms with Crippen molar-refractivity contribution in [2.75, 3.05) is 84.4 Å². The number of nitrogens with zero attached hydrogens (tertiary/aromatic N) is 10. The van der Waals surface area contributed by atoms with Crippen LogP contribution >= 0.6 is 22.7 Å². The molecule has 25 heteroatoms. The molecule has 3 amide bonds. The number of aliphatic imine (C=N–C) groups is 1. The third-order valence-electron chi connectivity index (χ3n) is 20.0. The third kappa shape index (κ3) is 16.4. The molecule has 6 heterocycles. The topological polar surface area (TPSA) is 287 Å². The summed E-state index contributed by atoms with van der Waals surface area (Å²) in [4.78, 5) is 79.3. The quantitative estimate of drug-likeness (QED) is 0.0132. The lowest BCUT2D eigenvalue weighted by molar-refractivity contribution is -0.248. The fourth-order valence-electron chi connectivity index (χ4n) is 16.6. The van der Waals surface area contributed by atoms with E-state index in [0.717, 1.165) is 112 Å². The van der Waals surface area contributed by atoms with E-state index >= 15 is 0 Å². The number of benzene rings is 2. The molecule has 6 atom stereocenters. The van der Waals surface area contributed by atoms with Gasteiger partial charge in [-0.05, 0) is 149 Å². The van der Waals surface area contributed by atoms with Crippen LogP contribution < -0.4 is 21.4 Å². The highest BCUT2D eigenvalue weighted by Gasteiger charge is 2.66. The van der Waals surface area contributed by atoms with E-state index in [1.165, 1.54) is 16.2 Å². The largest absolute Gasteiger partial charge is 0.476 e. The second-order valence-corrected chi connectivity index (χ2v) is 31.3. The molecule has 0 radical (unpaired) electrons. The summed E-state index contributed by atoms with van der Waals surface area (Å²) in [7, 11) is 2.08. The minimum absolute atomic E-state index is 0.0276. The molecule has 2 aliphatic heterocycles. The minimum atomic E-state index is -1.13. The lowest BCUT2D eigenvalue weighted by atomic mass is 9.39. The number of piperidine rings is 1. The molecule has 12 rings (SSSR count). The molecule has 4 aromatic heterocycles. The van der Waals surface area contributed by atoms with E-state index in [4.69, 9.17) is 34.9 Å². The number of anilines is 1. The van der Waals surface area contributed by atoms with Gasteiger partial charge in [0, 0.05) is 67.8 Å². The number of amidine groups is 1. The van der Waals surface area contributed by atoms with Crippen LogP contribution in [0, 0.1) is 35.5 Å². The number of hydrogen-bond donors (Lipinski definition) is 5. The first-order valence-corrected chi connectivity index (χ1v) is 35.5. The number of aliphatic hydroxyl groups is 1. The highest BCUT2D eigenvalue weighted by atomic mass is 32.1. The molecule has 0 spiro atoms. The van der Waals surface area contributed by atoms with Gasteiger partial charge in [-0.15, -0.1) is 11.3 Å². The van der Waals surface area contributed by atoms with Gasteiger partial charge in [0.1, 0.15) is 24.5 Å². The smallest absolute Gasteiger partial charge is 0.355 e. The molecule has 6 aromatic rings. The second-order valence-electron chi connectivity index (χ2n) is 29.4. The monoisotopic (exact) mass is 1370 g/mol. The predicted octanol–water partition coefficient (Wildman–Crippen LogP) is 10.1. The van der Waals surface area contributed by atoms with Gasteiger partial charge in [0.25, 0.3) is 0 Å². The van der Waals surface area contributed by atoms with Gasteiger partial charge < -0.3 is 60.3 Å². The number of nitrogens with two attached hydrogens (primary N) is 1. The lowest BCUT2D eigenvalue weighted by Gasteiger charge is -2.69. The Morgan fingerprint density at radius 1 is 0.887 bits per heavy atom. The Hall–Kier alpha value is -7.36. The van der Waals surface area contributed by atoms with Gasteiger partial charge in [-0.25, -0.2) is 24.7 Å². The lowest BCUT2D eigenvalue weighted by Crippen LogP contribution is -2.64. The number of nitrogens with one attached hydrogen (secondary N) is 2. The fourth-order valence-corrected chi connectivity index (χ4v) is 18.2. The second kappa shape index (κ2) is 29.6. The van der Waals surface area contributed by atoms with Gasteiger partial charge in [0.05, 0.1) is 89.9 Å². The highest BCUT2D eigenvalue weighted by Crippen LogP contribution is 2.72. The number of rotatable bonds is 28. The van der Waals surface area contributed by atoms with E-state index in [1.54, 1.807) is 23.7 Å². The number of aryl methyl sites for hydroxylation is 1. The summed E-state index contributed by atoms with van der Waals surface area (Å²) in [5.41, 5.74) is 8.70. The summed E-state index contributed by atoms with van der Waals surface area (Å²) >= 11 is 3.09. The standard InChI is InChI=1S/C72H95N13O10S2/c1-45(33-74-67-78-55-15-11-12-16-57(55)97-67)52-14-13-23-83(63(52)81-73)58-22-21-53(60(79-58)66(90)91)54-34-76-85(48(54)4)43-71-38-69(8)37-70(9,39-71)41-72(40-69,42-71)95-27-25-82(10)24-26-92-28-29-93-30-31-94-36-59(87)80-62(68(5,6)7)65(89)84-35-51(86)32-56(84)64(88)77-46(2)49-17-19-50(20-18-49)61-47(3)75-44-96-61/h11-12,15-22,33-34,44,46,51,56,62,86H,13-14,23-32,35-43,73H2,1-10H3,(H,77,88)(H,80,87)(H,90,91)/b52-45-,74-33-,81-63+/t46-,51+,56-,62+,69?,70?,71?,72?/m0/s1. The number of pyridine rings is 1. The number of β-amino-alcohol motifs (C(OH)–C–C–N with tert-alkyl or cyclic N) is 1. The average molecular weight is 1370 g/mol. The Morgan fingerprint density at radius 3 is 2.29 bits per heavy atom. The Morgan fingerprint density at radius 2 is 1.60 bits per heavy atom. The van der Waals surface area contributed by atoms with E-state index in [-0.39, 0.29) is 72.3 Å². The number of hydrazone groups is 1. The van der Waals surface area contributed by atoms with Crippen molar-refractivity contribution in [1.82, 2.24) is 45.2 Å². The van der Waals surface area contributed by atoms with Gasteiger partial charge in [0.2, 0.25) is 22.9 Å². The number of aromatic carboxylic acids is 1. The van der Waals surface area contributed by atoms with Crippen molar-refractivity contribution in [3.8, 4) is 21.6 Å². The van der Waals surface area contributed by atoms with Crippen molar-refractivity contribution < 1.29 is 48.3 Å². The first-order chi connectivity index (χ1) is 46.3. The van der Waals surface area contributed by atoms with Crippen LogP contribution in [-0.2, 0) is 39.9 Å². The first kappa shape index (κ1) is 70.9. The van der Waals surface area contributed by atoms with Crippen molar-refractivity contribution in [2.24, 2.45) is 37.6 Å². The van der Waals surface area contributed by atoms with Crippen molar-refractivity contribution in [3.05, 3.63) is 106 Å². The predicted molar refractivity (Wildman–Crippen MR) is 377 cm³/mol. The Labute approximate surface area is 576 Å². The molecule has 6 aliphatic rings. The summed E-state index contributed by atoms with van der Waals surface area (Å²) in [6, 6.07) is 17.3. The number of carboxylic acid groups (broad SMARTS) is 1. The number of carboxylic acids is 1. The summed E-state index contributed by atoms with van der Waals surface area (Å²) in [6.07, 6.45) is 10.6. The molecule has 6 fully saturated rings. The zero-order chi connectivity index (χ0) is 69.0. The number of fused-ring (bicyclic) bond motifs is 1. The van der Waals surface area contributed by atoms with Gasteiger partial charge in [-0.1, -0.05) is 82.4 Å². The molecule has 4 aliphatic carbocycles. The maximum atomic E-state index is 14.2. The number of thiazole rings is 2. The number of carbonyl (C=O) groups excluding carboxylic acids is 3. The Bertz CT molecular complexity index is 3880. The number of ether oxygens (including phenoxy) is 4. The highest BCUT2D eigenvalue weighted by molar-refractivity contribution is 7.22. The Kier molecular flexibility index (Phi) is 21.7. The number of amides is 3. The van der Waals surface area contributed by atoms with Crippen molar-refractivity contribution >= 4 is 79.6 Å². The van der Waals surface area contributed by atoms with Crippen molar-refractivity contribution in [1.29, 1.82) is 0 Å². The number of likely N-dealkylation sites (tertiary alicyclic amines) is 1. The van der Waals surface area contributed by atoms with Gasteiger partial charge in [-0.3, -0.25) is 19.1 Å². The average Bonchev–Trinajstić information content (AvgIpc) is 1.66. The van der Waals surface area contributed by atoms with E-state index in [2.05, 4.69) is 61.2 Å². The summed E-state index contributed by atoms with van der Waals surface area (Å²) < 4.78 is 27.6. The molecular formula is C72H95N13O10S2. The zero-order valence-corrected chi connectivity index (χ0v) is 59.3. The van der Waals surface area contributed by atoms with E-state index in [1.807, 2.05) is 120 Å². The molecule has 23 nitrogen and oxygen atoms in total.